The number of nitrogens with zero attached hydrogens (tertiary/aromatic N) is 1. The number of hydrogen-bond donors (Lipinski definition) is 1. The van der Waals surface area contributed by atoms with Gasteiger partial charge in [-0.25, -0.2) is 0 Å². The number of benzene rings is 1. The molecular formula is C21H22N2O3S2. The lowest BCUT2D eigenvalue weighted by Gasteiger charge is -2.19. The summed E-state index contributed by atoms with van der Waals surface area (Å²) >= 11 is 3.04. The third-order valence-corrected chi connectivity index (χ3v) is 7.27. The maximum absolute atomic E-state index is 12.8. The van der Waals surface area contributed by atoms with E-state index in [0.717, 1.165) is 47.6 Å². The van der Waals surface area contributed by atoms with E-state index in [1.54, 1.807) is 11.3 Å². The Bertz CT molecular complexity index is 932. The van der Waals surface area contributed by atoms with Gasteiger partial charge in [-0.1, -0.05) is 6.42 Å². The van der Waals surface area contributed by atoms with Gasteiger partial charge < -0.3 is 14.8 Å². The van der Waals surface area contributed by atoms with E-state index < -0.39 is 0 Å². The number of amides is 1. The second-order valence-corrected chi connectivity index (χ2v) is 9.45. The lowest BCUT2D eigenvalue weighted by atomic mass is 10.1. The first-order chi connectivity index (χ1) is 13.7. The second kappa shape index (κ2) is 8.46. The standard InChI is InChI=1S/C21H22N2O3S2/c1-13(27-14-7-8-17-18(11-14)26-10-9-25-17)20(24)23-21-16(12-22)15-5-3-2-4-6-19(15)28-21/h7-8,11,13H,2-6,9-10H2,1H3,(H,23,24)/t13-/m0/s1. The average Bonchev–Trinajstić information content (AvgIpc) is 2.86. The Morgan fingerprint density at radius 3 is 2.82 bits per heavy atom. The largest absolute Gasteiger partial charge is 0.486 e. The molecule has 146 valence electrons. The van der Waals surface area contributed by atoms with Crippen LogP contribution in [0, 0.1) is 11.3 Å². The van der Waals surface area contributed by atoms with Crippen molar-refractivity contribution in [3.8, 4) is 17.6 Å². The molecule has 4 rings (SSSR count). The number of hydrogen-bond acceptors (Lipinski definition) is 6. The zero-order chi connectivity index (χ0) is 19.5. The Labute approximate surface area is 173 Å². The molecule has 1 atom stereocenters. The van der Waals surface area contributed by atoms with Crippen molar-refractivity contribution in [1.29, 1.82) is 5.26 Å². The Hall–Kier alpha value is -2.17. The highest BCUT2D eigenvalue weighted by Gasteiger charge is 2.23. The average molecular weight is 415 g/mol. The van der Waals surface area contributed by atoms with Gasteiger partial charge in [0.05, 0.1) is 10.8 Å². The predicted octanol–water partition coefficient (Wildman–Crippen LogP) is 4.78. The maximum atomic E-state index is 12.8. The molecular weight excluding hydrogens is 392 g/mol. The van der Waals surface area contributed by atoms with Gasteiger partial charge in [0.15, 0.2) is 11.5 Å². The smallest absolute Gasteiger partial charge is 0.238 e. The van der Waals surface area contributed by atoms with E-state index in [-0.39, 0.29) is 11.2 Å². The van der Waals surface area contributed by atoms with Crippen LogP contribution < -0.4 is 14.8 Å². The molecule has 28 heavy (non-hydrogen) atoms. The number of thioether (sulfide) groups is 1. The molecule has 0 bridgehead atoms. The van der Waals surface area contributed by atoms with Crippen LogP contribution in [0.25, 0.3) is 0 Å². The van der Waals surface area contributed by atoms with Crippen molar-refractivity contribution >= 4 is 34.0 Å². The van der Waals surface area contributed by atoms with Gasteiger partial charge in [-0.3, -0.25) is 4.79 Å². The molecule has 7 heteroatoms. The number of nitrogens with one attached hydrogen (secondary N) is 1. The zero-order valence-electron chi connectivity index (χ0n) is 15.7. The van der Waals surface area contributed by atoms with Crippen molar-refractivity contribution in [3.05, 3.63) is 34.2 Å². The fourth-order valence-electron chi connectivity index (χ4n) is 3.52. The summed E-state index contributed by atoms with van der Waals surface area (Å²) in [4.78, 5) is 15.0. The minimum atomic E-state index is -0.295. The molecule has 0 saturated carbocycles. The van der Waals surface area contributed by atoms with Crippen LogP contribution in [0.15, 0.2) is 23.1 Å². The van der Waals surface area contributed by atoms with E-state index in [1.807, 2.05) is 25.1 Å². The molecule has 1 amide bonds. The quantitative estimate of drug-likeness (QED) is 0.576. The van der Waals surface area contributed by atoms with E-state index in [4.69, 9.17) is 9.47 Å². The maximum Gasteiger partial charge on any atom is 0.238 e. The van der Waals surface area contributed by atoms with E-state index in [1.165, 1.54) is 23.1 Å². The first-order valence-electron chi connectivity index (χ1n) is 9.57. The summed E-state index contributed by atoms with van der Waals surface area (Å²) in [5, 5.41) is 13.0. The topological polar surface area (TPSA) is 71.3 Å². The molecule has 1 aromatic heterocycles. The van der Waals surface area contributed by atoms with Crippen LogP contribution in [0.4, 0.5) is 5.00 Å². The molecule has 1 N–H and O–H groups in total. The normalized spacial score (nSPS) is 16.4. The molecule has 1 aliphatic carbocycles. The molecule has 2 aliphatic rings. The minimum absolute atomic E-state index is 0.0900. The summed E-state index contributed by atoms with van der Waals surface area (Å²) in [6.45, 7) is 2.98. The summed E-state index contributed by atoms with van der Waals surface area (Å²) in [6, 6.07) is 8.05. The van der Waals surface area contributed by atoms with Gasteiger partial charge in [-0.2, -0.15) is 5.26 Å². The van der Waals surface area contributed by atoms with Gasteiger partial charge >= 0.3 is 0 Å². The van der Waals surface area contributed by atoms with Crippen molar-refractivity contribution in [2.24, 2.45) is 0 Å². The van der Waals surface area contributed by atoms with Crippen molar-refractivity contribution in [2.75, 3.05) is 18.5 Å². The van der Waals surface area contributed by atoms with Gasteiger partial charge in [-0.05, 0) is 56.4 Å². The monoisotopic (exact) mass is 414 g/mol. The Balaban J connectivity index is 1.46. The zero-order valence-corrected chi connectivity index (χ0v) is 17.4. The number of aryl methyl sites for hydroxylation is 1. The SMILES string of the molecule is C[C@H](Sc1ccc2c(c1)OCCO2)C(=O)Nc1sc2c(c1C#N)CCCCC2. The number of nitriles is 1. The minimum Gasteiger partial charge on any atom is -0.486 e. The lowest BCUT2D eigenvalue weighted by Crippen LogP contribution is -2.22. The molecule has 1 aromatic carbocycles. The number of ether oxygens (including phenoxy) is 2. The van der Waals surface area contributed by atoms with Crippen LogP contribution in [-0.4, -0.2) is 24.4 Å². The van der Waals surface area contributed by atoms with Crippen LogP contribution in [-0.2, 0) is 17.6 Å². The molecule has 2 heterocycles. The molecule has 0 saturated heterocycles. The fraction of sp³-hybridized carbons (Fsp3) is 0.429. The first-order valence-corrected chi connectivity index (χ1v) is 11.3. The van der Waals surface area contributed by atoms with E-state index >= 15 is 0 Å². The molecule has 0 fully saturated rings. The summed E-state index contributed by atoms with van der Waals surface area (Å²) < 4.78 is 11.2. The van der Waals surface area contributed by atoms with E-state index in [0.29, 0.717) is 23.8 Å². The van der Waals surface area contributed by atoms with Crippen molar-refractivity contribution in [1.82, 2.24) is 0 Å². The van der Waals surface area contributed by atoms with Crippen LogP contribution in [0.1, 0.15) is 42.2 Å². The highest BCUT2D eigenvalue weighted by atomic mass is 32.2. The van der Waals surface area contributed by atoms with Crippen molar-refractivity contribution in [3.63, 3.8) is 0 Å². The van der Waals surface area contributed by atoms with Crippen LogP contribution in [0.5, 0.6) is 11.5 Å². The third kappa shape index (κ3) is 3.98. The van der Waals surface area contributed by atoms with Gasteiger partial charge in [0.1, 0.15) is 24.3 Å². The van der Waals surface area contributed by atoms with Gasteiger partial charge in [0.25, 0.3) is 0 Å². The molecule has 5 nitrogen and oxygen atoms in total. The van der Waals surface area contributed by atoms with Gasteiger partial charge in [-0.15, -0.1) is 23.1 Å². The van der Waals surface area contributed by atoms with Gasteiger partial charge in [0.2, 0.25) is 5.91 Å². The van der Waals surface area contributed by atoms with E-state index in [2.05, 4.69) is 11.4 Å². The fourth-order valence-corrected chi connectivity index (χ4v) is 5.66. The summed E-state index contributed by atoms with van der Waals surface area (Å²) in [7, 11) is 0. The summed E-state index contributed by atoms with van der Waals surface area (Å²) in [5.74, 6) is 1.37. The number of rotatable bonds is 4. The number of thiophene rings is 1. The molecule has 0 unspecified atom stereocenters. The third-order valence-electron chi connectivity index (χ3n) is 4.97. The van der Waals surface area contributed by atoms with Crippen LogP contribution in [0.3, 0.4) is 0 Å². The second-order valence-electron chi connectivity index (χ2n) is 6.94. The highest BCUT2D eigenvalue weighted by molar-refractivity contribution is 8.00. The highest BCUT2D eigenvalue weighted by Crippen LogP contribution is 2.38. The number of anilines is 1. The Kier molecular flexibility index (Phi) is 5.79. The predicted molar refractivity (Wildman–Crippen MR) is 112 cm³/mol. The lowest BCUT2D eigenvalue weighted by molar-refractivity contribution is -0.115. The summed E-state index contributed by atoms with van der Waals surface area (Å²) in [5.41, 5.74) is 1.80. The van der Waals surface area contributed by atoms with E-state index in [9.17, 15) is 10.1 Å². The number of carbonyl (C=O) groups is 1. The Morgan fingerprint density at radius 1 is 1.21 bits per heavy atom. The van der Waals surface area contributed by atoms with Crippen molar-refractivity contribution in [2.45, 2.75) is 49.2 Å². The number of carbonyl (C=O) groups excluding carboxylic acids is 1. The number of fused-ring (bicyclic) bond motifs is 2. The molecule has 0 spiro atoms. The molecule has 0 radical (unpaired) electrons. The van der Waals surface area contributed by atoms with Crippen LogP contribution >= 0.6 is 23.1 Å². The Morgan fingerprint density at radius 2 is 2.00 bits per heavy atom. The molecule has 2 aromatic rings. The summed E-state index contributed by atoms with van der Waals surface area (Å²) in [6.07, 6.45) is 5.42. The van der Waals surface area contributed by atoms with Crippen molar-refractivity contribution < 1.29 is 14.3 Å². The first kappa shape index (κ1) is 19.2. The molecule has 1 aliphatic heterocycles. The van der Waals surface area contributed by atoms with Crippen LogP contribution in [0.2, 0.25) is 0 Å². The van der Waals surface area contributed by atoms with Gasteiger partial charge in [0, 0.05) is 9.77 Å².